The fourth-order valence-corrected chi connectivity index (χ4v) is 2.44. The molecule has 24 heavy (non-hydrogen) atoms. The predicted molar refractivity (Wildman–Crippen MR) is 95.7 cm³/mol. The first-order valence-corrected chi connectivity index (χ1v) is 8.26. The van der Waals surface area contributed by atoms with Crippen LogP contribution in [0.25, 0.3) is 0 Å². The number of hydrogen-bond acceptors (Lipinski definition) is 3. The van der Waals surface area contributed by atoms with Gasteiger partial charge in [-0.3, -0.25) is 4.79 Å². The summed E-state index contributed by atoms with van der Waals surface area (Å²) in [6, 6.07) is 11.3. The molecular formula is C18H18BrFN2O2. The molecule has 1 amide bonds. The summed E-state index contributed by atoms with van der Waals surface area (Å²) in [5.41, 5.74) is 3.99. The number of hydrazone groups is 1. The summed E-state index contributed by atoms with van der Waals surface area (Å²) >= 11 is 3.44. The van der Waals surface area contributed by atoms with Gasteiger partial charge in [0, 0.05) is 0 Å². The summed E-state index contributed by atoms with van der Waals surface area (Å²) < 4.78 is 19.3. The second-order valence-electron chi connectivity index (χ2n) is 5.45. The number of ether oxygens (including phenoxy) is 1. The smallest absolute Gasteiger partial charge is 0.244 e. The van der Waals surface area contributed by atoms with Gasteiger partial charge < -0.3 is 4.74 Å². The molecule has 0 spiro atoms. The Balaban J connectivity index is 1.90. The van der Waals surface area contributed by atoms with E-state index in [1.807, 2.05) is 32.0 Å². The minimum atomic E-state index is -0.326. The van der Waals surface area contributed by atoms with Crippen LogP contribution in [0.3, 0.4) is 0 Å². The van der Waals surface area contributed by atoms with Crippen molar-refractivity contribution < 1.29 is 13.9 Å². The molecule has 0 heterocycles. The molecule has 1 N–H and O–H groups in total. The van der Waals surface area contributed by atoms with Crippen molar-refractivity contribution in [1.82, 2.24) is 5.43 Å². The first-order valence-electron chi connectivity index (χ1n) is 7.46. The van der Waals surface area contributed by atoms with Crippen molar-refractivity contribution in [2.24, 2.45) is 5.10 Å². The molecule has 6 heteroatoms. The molecule has 2 aromatic rings. The molecule has 0 aliphatic rings. The minimum Gasteiger partial charge on any atom is -0.490 e. The highest BCUT2D eigenvalue weighted by atomic mass is 79.9. The lowest BCUT2D eigenvalue weighted by molar-refractivity contribution is -0.120. The zero-order valence-corrected chi connectivity index (χ0v) is 15.0. The second kappa shape index (κ2) is 8.59. The zero-order valence-electron chi connectivity index (χ0n) is 13.4. The van der Waals surface area contributed by atoms with Gasteiger partial charge in [0.25, 0.3) is 0 Å². The molecule has 0 aliphatic carbocycles. The molecule has 0 atom stereocenters. The summed E-state index contributed by atoms with van der Waals surface area (Å²) in [6.07, 6.45) is 1.78. The lowest BCUT2D eigenvalue weighted by atomic mass is 10.1. The fraction of sp³-hybridized carbons (Fsp3) is 0.222. The van der Waals surface area contributed by atoms with Gasteiger partial charge >= 0.3 is 0 Å². The summed E-state index contributed by atoms with van der Waals surface area (Å²) in [5.74, 6) is 0.159. The van der Waals surface area contributed by atoms with Crippen LogP contribution >= 0.6 is 15.9 Å². The van der Waals surface area contributed by atoms with E-state index < -0.39 is 0 Å². The van der Waals surface area contributed by atoms with Crippen LogP contribution in [0.15, 0.2) is 52.0 Å². The molecule has 4 nitrogen and oxygen atoms in total. The summed E-state index contributed by atoms with van der Waals surface area (Å²) in [4.78, 5) is 11.8. The number of halogens is 2. The first-order chi connectivity index (χ1) is 11.4. The van der Waals surface area contributed by atoms with E-state index in [9.17, 15) is 9.18 Å². The summed E-state index contributed by atoms with van der Waals surface area (Å²) in [7, 11) is 0. The molecule has 0 fully saturated rings. The van der Waals surface area contributed by atoms with Gasteiger partial charge in [-0.05, 0) is 71.2 Å². The lowest BCUT2D eigenvalue weighted by Crippen LogP contribution is -2.19. The van der Waals surface area contributed by atoms with Gasteiger partial charge in [-0.25, -0.2) is 9.82 Å². The van der Waals surface area contributed by atoms with E-state index >= 15 is 0 Å². The zero-order chi connectivity index (χ0) is 17.5. The number of hydrogen-bond donors (Lipinski definition) is 1. The topological polar surface area (TPSA) is 50.7 Å². The molecule has 0 saturated carbocycles. The maximum Gasteiger partial charge on any atom is 0.244 e. The highest BCUT2D eigenvalue weighted by Crippen LogP contribution is 2.26. The highest BCUT2D eigenvalue weighted by Gasteiger charge is 2.05. The minimum absolute atomic E-state index is 0.0894. The monoisotopic (exact) mass is 392 g/mol. The first kappa shape index (κ1) is 18.1. The molecular weight excluding hydrogens is 375 g/mol. The van der Waals surface area contributed by atoms with Gasteiger partial charge in [0.1, 0.15) is 11.6 Å². The van der Waals surface area contributed by atoms with Crippen LogP contribution in [0.4, 0.5) is 4.39 Å². The number of carbonyl (C=O) groups is 1. The van der Waals surface area contributed by atoms with Crippen molar-refractivity contribution >= 4 is 28.1 Å². The average molecular weight is 393 g/mol. The number of amides is 1. The van der Waals surface area contributed by atoms with E-state index in [-0.39, 0.29) is 24.2 Å². The number of carbonyl (C=O) groups excluding carboxylic acids is 1. The largest absolute Gasteiger partial charge is 0.490 e. The van der Waals surface area contributed by atoms with E-state index in [2.05, 4.69) is 26.5 Å². The predicted octanol–water partition coefficient (Wildman–Crippen LogP) is 4.07. The maximum absolute atomic E-state index is 12.8. The molecule has 0 radical (unpaired) electrons. The van der Waals surface area contributed by atoms with Gasteiger partial charge in [-0.2, -0.15) is 5.10 Å². The van der Waals surface area contributed by atoms with Crippen molar-refractivity contribution in [3.63, 3.8) is 0 Å². The maximum atomic E-state index is 12.8. The van der Waals surface area contributed by atoms with Crippen molar-refractivity contribution in [1.29, 1.82) is 0 Å². The quantitative estimate of drug-likeness (QED) is 0.594. The Labute approximate surface area is 148 Å². The van der Waals surface area contributed by atoms with Gasteiger partial charge in [0.2, 0.25) is 5.91 Å². The van der Waals surface area contributed by atoms with Gasteiger partial charge in [0.15, 0.2) is 0 Å². The van der Waals surface area contributed by atoms with Gasteiger partial charge in [0.05, 0.1) is 23.2 Å². The van der Waals surface area contributed by atoms with Crippen molar-refractivity contribution in [2.75, 3.05) is 0 Å². The third-order valence-electron chi connectivity index (χ3n) is 3.00. The van der Waals surface area contributed by atoms with Crippen LogP contribution in [-0.4, -0.2) is 18.2 Å². The Hall–Kier alpha value is -2.21. The lowest BCUT2D eigenvalue weighted by Gasteiger charge is -2.11. The van der Waals surface area contributed by atoms with Crippen LogP contribution < -0.4 is 10.2 Å². The normalized spacial score (nSPS) is 11.0. The molecule has 2 aromatic carbocycles. The Morgan fingerprint density at radius 2 is 2.00 bits per heavy atom. The van der Waals surface area contributed by atoms with Crippen LogP contribution in [0, 0.1) is 5.82 Å². The van der Waals surface area contributed by atoms with E-state index in [0.717, 1.165) is 21.3 Å². The number of benzene rings is 2. The average Bonchev–Trinajstić information content (AvgIpc) is 2.52. The highest BCUT2D eigenvalue weighted by molar-refractivity contribution is 9.10. The number of nitrogens with zero attached hydrogens (tertiary/aromatic N) is 1. The van der Waals surface area contributed by atoms with E-state index in [4.69, 9.17) is 4.74 Å². The number of rotatable bonds is 6. The number of nitrogens with one attached hydrogen (secondary N) is 1. The second-order valence-corrected chi connectivity index (χ2v) is 6.31. The van der Waals surface area contributed by atoms with E-state index in [1.165, 1.54) is 12.1 Å². The fourth-order valence-electron chi connectivity index (χ4n) is 1.95. The molecule has 126 valence electrons. The molecule has 0 aliphatic heterocycles. The van der Waals surface area contributed by atoms with E-state index in [0.29, 0.717) is 0 Å². The molecule has 0 bridgehead atoms. The molecule has 2 rings (SSSR count). The Morgan fingerprint density at radius 3 is 2.62 bits per heavy atom. The third kappa shape index (κ3) is 5.77. The van der Waals surface area contributed by atoms with Crippen molar-refractivity contribution in [2.45, 2.75) is 26.4 Å². The summed E-state index contributed by atoms with van der Waals surface area (Å²) in [5, 5.41) is 3.93. The van der Waals surface area contributed by atoms with Crippen LogP contribution in [0.2, 0.25) is 0 Å². The SMILES string of the molecule is CC(C)Oc1ccc(/C=N\NC(=O)Cc2ccc(F)cc2)cc1Br. The third-order valence-corrected chi connectivity index (χ3v) is 3.62. The van der Waals surface area contributed by atoms with Crippen LogP contribution in [0.5, 0.6) is 5.75 Å². The Morgan fingerprint density at radius 1 is 1.29 bits per heavy atom. The Kier molecular flexibility index (Phi) is 6.49. The standard InChI is InChI=1S/C18H18BrFN2O2/c1-12(2)24-17-8-5-14(9-16(17)19)11-21-22-18(23)10-13-3-6-15(20)7-4-13/h3-9,11-12H,10H2,1-2H3,(H,22,23)/b21-11-. The summed E-state index contributed by atoms with van der Waals surface area (Å²) in [6.45, 7) is 3.91. The Bertz CT molecular complexity index is 730. The molecule has 0 saturated heterocycles. The van der Waals surface area contributed by atoms with Crippen LogP contribution in [-0.2, 0) is 11.2 Å². The molecule has 0 unspecified atom stereocenters. The van der Waals surface area contributed by atoms with Crippen molar-refractivity contribution in [3.05, 3.63) is 63.9 Å². The van der Waals surface area contributed by atoms with Crippen LogP contribution in [0.1, 0.15) is 25.0 Å². The molecule has 0 aromatic heterocycles. The van der Waals surface area contributed by atoms with Crippen molar-refractivity contribution in [3.8, 4) is 5.75 Å². The van der Waals surface area contributed by atoms with Gasteiger partial charge in [-0.15, -0.1) is 0 Å². The van der Waals surface area contributed by atoms with Gasteiger partial charge in [-0.1, -0.05) is 12.1 Å². The van der Waals surface area contributed by atoms with E-state index in [1.54, 1.807) is 18.3 Å².